The maximum absolute atomic E-state index is 14.1. The van der Waals surface area contributed by atoms with Gasteiger partial charge in [0.15, 0.2) is 24.0 Å². The van der Waals surface area contributed by atoms with E-state index in [1.807, 2.05) is 18.2 Å². The van der Waals surface area contributed by atoms with E-state index in [1.165, 1.54) is 12.1 Å². The molecule has 4 nitrogen and oxygen atoms in total. The highest BCUT2D eigenvalue weighted by molar-refractivity contribution is 5.37. The molecular weight excluding hydrogens is 333 g/mol. The number of halogens is 1. The van der Waals surface area contributed by atoms with Crippen LogP contribution >= 0.6 is 0 Å². The van der Waals surface area contributed by atoms with Gasteiger partial charge in [0.05, 0.1) is 12.7 Å². The van der Waals surface area contributed by atoms with Gasteiger partial charge in [0.2, 0.25) is 0 Å². The van der Waals surface area contributed by atoms with Crippen LogP contribution in [0.2, 0.25) is 0 Å². The molecule has 134 valence electrons. The average Bonchev–Trinajstić information content (AvgIpc) is 2.97. The molecule has 1 aliphatic carbocycles. The van der Waals surface area contributed by atoms with Gasteiger partial charge in [-0.2, -0.15) is 5.26 Å². The van der Waals surface area contributed by atoms with Gasteiger partial charge in [0.1, 0.15) is 5.75 Å². The van der Waals surface area contributed by atoms with E-state index in [2.05, 4.69) is 19.9 Å². The molecule has 1 heterocycles. The second-order valence-corrected chi connectivity index (χ2v) is 7.41. The Bertz CT molecular complexity index is 846. The Kier molecular flexibility index (Phi) is 4.18. The number of para-hydroxylation sites is 1. The Hall–Kier alpha value is -2.42. The molecule has 0 N–H and O–H groups in total. The maximum Gasteiger partial charge on any atom is 0.172 e. The molecular formula is C21H20FNO3. The summed E-state index contributed by atoms with van der Waals surface area (Å²) in [4.78, 5) is 0. The molecule has 4 rings (SSSR count). The van der Waals surface area contributed by atoms with Gasteiger partial charge in [-0.25, -0.2) is 4.39 Å². The highest BCUT2D eigenvalue weighted by Crippen LogP contribution is 2.64. The molecule has 1 saturated heterocycles. The molecule has 0 spiro atoms. The number of rotatable bonds is 5. The lowest BCUT2D eigenvalue weighted by Crippen LogP contribution is -2.22. The first-order valence-corrected chi connectivity index (χ1v) is 8.69. The Balaban J connectivity index is 1.52. The van der Waals surface area contributed by atoms with Crippen LogP contribution in [-0.2, 0) is 9.47 Å². The monoisotopic (exact) mass is 353 g/mol. The Morgan fingerprint density at radius 3 is 2.65 bits per heavy atom. The predicted molar refractivity (Wildman–Crippen MR) is 92.9 cm³/mol. The number of hydrogen-bond acceptors (Lipinski definition) is 4. The molecule has 4 atom stereocenters. The second-order valence-electron chi connectivity index (χ2n) is 7.41. The molecule has 1 saturated carbocycles. The van der Waals surface area contributed by atoms with Crippen LogP contribution in [0.3, 0.4) is 0 Å². The number of hydrogen-bond donors (Lipinski definition) is 0. The zero-order valence-corrected chi connectivity index (χ0v) is 14.7. The summed E-state index contributed by atoms with van der Waals surface area (Å²) in [6.45, 7) is 5.03. The van der Waals surface area contributed by atoms with E-state index in [-0.39, 0.29) is 11.2 Å². The molecule has 2 aromatic rings. The van der Waals surface area contributed by atoms with E-state index in [9.17, 15) is 9.65 Å². The van der Waals surface area contributed by atoms with Crippen molar-refractivity contribution in [2.45, 2.75) is 26.2 Å². The first-order chi connectivity index (χ1) is 12.5. The number of nitrogens with zero attached hydrogens (tertiary/aromatic N) is 1. The number of nitriles is 1. The van der Waals surface area contributed by atoms with Gasteiger partial charge in [-0.05, 0) is 41.2 Å². The lowest BCUT2D eigenvalue weighted by Gasteiger charge is -2.22. The zero-order valence-electron chi connectivity index (χ0n) is 14.7. The van der Waals surface area contributed by atoms with E-state index >= 15 is 0 Å². The van der Waals surface area contributed by atoms with Crippen LogP contribution in [-0.4, -0.2) is 12.9 Å². The van der Waals surface area contributed by atoms with Crippen molar-refractivity contribution in [2.75, 3.05) is 6.61 Å². The predicted octanol–water partition coefficient (Wildman–Crippen LogP) is 4.83. The maximum atomic E-state index is 14.1. The van der Waals surface area contributed by atoms with Gasteiger partial charge < -0.3 is 14.2 Å². The van der Waals surface area contributed by atoms with Gasteiger partial charge in [-0.3, -0.25) is 0 Å². The third-order valence-electron chi connectivity index (χ3n) is 5.49. The van der Waals surface area contributed by atoms with Crippen molar-refractivity contribution in [3.8, 4) is 17.6 Å². The molecule has 0 aromatic heterocycles. The lowest BCUT2D eigenvalue weighted by atomic mass is 10.1. The highest BCUT2D eigenvalue weighted by Gasteiger charge is 2.66. The smallest absolute Gasteiger partial charge is 0.172 e. The van der Waals surface area contributed by atoms with Crippen molar-refractivity contribution in [1.29, 1.82) is 5.26 Å². The van der Waals surface area contributed by atoms with Crippen LogP contribution in [0, 0.1) is 34.4 Å². The summed E-state index contributed by atoms with van der Waals surface area (Å²) in [5, 5.41) is 9.55. The molecule has 26 heavy (non-hydrogen) atoms. The lowest BCUT2D eigenvalue weighted by molar-refractivity contribution is -0.158. The Morgan fingerprint density at radius 2 is 2.00 bits per heavy atom. The fourth-order valence-corrected chi connectivity index (χ4v) is 3.77. The minimum absolute atomic E-state index is 0.0644. The van der Waals surface area contributed by atoms with Gasteiger partial charge in [-0.15, -0.1) is 0 Å². The topological polar surface area (TPSA) is 51.5 Å². The summed E-state index contributed by atoms with van der Waals surface area (Å²) in [5.41, 5.74) is 0.734. The van der Waals surface area contributed by atoms with Gasteiger partial charge in [-0.1, -0.05) is 38.1 Å². The molecule has 5 heteroatoms. The fourth-order valence-electron chi connectivity index (χ4n) is 3.77. The SMILES string of the molecule is CC1(C)[C@@H]2[C@@H](O[C@@H](C#N)c3ccc(F)c(Oc4ccccc4)c3)OC[C@@H]21. The molecule has 2 aromatic carbocycles. The summed E-state index contributed by atoms with van der Waals surface area (Å²) >= 11 is 0. The minimum Gasteiger partial charge on any atom is -0.454 e. The van der Waals surface area contributed by atoms with E-state index in [0.717, 1.165) is 0 Å². The fraction of sp³-hybridized carbons (Fsp3) is 0.381. The van der Waals surface area contributed by atoms with E-state index in [1.54, 1.807) is 18.2 Å². The molecule has 0 radical (unpaired) electrons. The van der Waals surface area contributed by atoms with Crippen molar-refractivity contribution in [2.24, 2.45) is 17.3 Å². The van der Waals surface area contributed by atoms with Gasteiger partial charge in [0.25, 0.3) is 0 Å². The van der Waals surface area contributed by atoms with Crippen LogP contribution < -0.4 is 4.74 Å². The summed E-state index contributed by atoms with van der Waals surface area (Å²) in [6, 6.07) is 15.5. The van der Waals surface area contributed by atoms with Crippen LogP contribution in [0.5, 0.6) is 11.5 Å². The summed E-state index contributed by atoms with van der Waals surface area (Å²) in [5.74, 6) is 0.889. The van der Waals surface area contributed by atoms with Gasteiger partial charge in [0, 0.05) is 5.92 Å². The summed E-state index contributed by atoms with van der Waals surface area (Å²) in [6.07, 6.45) is -1.24. The molecule has 1 aliphatic heterocycles. The minimum atomic E-state index is -0.839. The number of benzene rings is 2. The van der Waals surface area contributed by atoms with Crippen LogP contribution in [0.4, 0.5) is 4.39 Å². The zero-order chi connectivity index (χ0) is 18.3. The van der Waals surface area contributed by atoms with Crippen molar-refractivity contribution in [3.05, 3.63) is 59.9 Å². The van der Waals surface area contributed by atoms with Crippen LogP contribution in [0.1, 0.15) is 25.5 Å². The Morgan fingerprint density at radius 1 is 1.23 bits per heavy atom. The van der Waals surface area contributed by atoms with Crippen molar-refractivity contribution in [1.82, 2.24) is 0 Å². The van der Waals surface area contributed by atoms with E-state index in [4.69, 9.17) is 14.2 Å². The number of fused-ring (bicyclic) bond motifs is 1. The molecule has 2 aliphatic rings. The van der Waals surface area contributed by atoms with Crippen molar-refractivity contribution < 1.29 is 18.6 Å². The summed E-state index contributed by atoms with van der Waals surface area (Å²) < 4.78 is 31.3. The first-order valence-electron chi connectivity index (χ1n) is 8.69. The van der Waals surface area contributed by atoms with Gasteiger partial charge >= 0.3 is 0 Å². The highest BCUT2D eigenvalue weighted by atomic mass is 19.1. The second kappa shape index (κ2) is 6.39. The van der Waals surface area contributed by atoms with Crippen LogP contribution in [0.15, 0.2) is 48.5 Å². The van der Waals surface area contributed by atoms with Crippen molar-refractivity contribution in [3.63, 3.8) is 0 Å². The molecule has 0 amide bonds. The summed E-state index contributed by atoms with van der Waals surface area (Å²) in [7, 11) is 0. The quantitative estimate of drug-likeness (QED) is 0.773. The molecule has 2 fully saturated rings. The average molecular weight is 353 g/mol. The van der Waals surface area contributed by atoms with E-state index < -0.39 is 18.2 Å². The normalized spacial score (nSPS) is 26.6. The third kappa shape index (κ3) is 2.96. The van der Waals surface area contributed by atoms with Crippen LogP contribution in [0.25, 0.3) is 0 Å². The largest absolute Gasteiger partial charge is 0.454 e. The molecule has 0 unspecified atom stereocenters. The first kappa shape index (κ1) is 17.0. The number of ether oxygens (including phenoxy) is 3. The molecule has 0 bridgehead atoms. The third-order valence-corrected chi connectivity index (χ3v) is 5.49. The van der Waals surface area contributed by atoms with E-state index in [0.29, 0.717) is 29.8 Å². The standard InChI is InChI=1S/C21H20FNO3/c1-21(2)15-12-24-20(19(15)21)26-18(11-23)13-8-9-16(22)17(10-13)25-14-6-4-3-5-7-14/h3-10,15,18-20H,12H2,1-2H3/t15-,18-,19-,20+/m0/s1. The van der Waals surface area contributed by atoms with Crippen molar-refractivity contribution >= 4 is 0 Å². The Labute approximate surface area is 152 Å².